The van der Waals surface area contributed by atoms with Crippen LogP contribution in [0.25, 0.3) is 5.69 Å². The van der Waals surface area contributed by atoms with E-state index >= 15 is 0 Å². The summed E-state index contributed by atoms with van der Waals surface area (Å²) in [6.07, 6.45) is 0. The van der Waals surface area contributed by atoms with Gasteiger partial charge in [0, 0.05) is 22.6 Å². The fourth-order valence-electron chi connectivity index (χ4n) is 3.16. The maximum atomic E-state index is 12.6. The van der Waals surface area contributed by atoms with Crippen LogP contribution in [0.5, 0.6) is 5.75 Å². The third-order valence-electron chi connectivity index (χ3n) is 4.53. The van der Waals surface area contributed by atoms with Gasteiger partial charge >= 0.3 is 5.97 Å². The minimum atomic E-state index is -4.08. The van der Waals surface area contributed by atoms with E-state index in [0.717, 1.165) is 29.3 Å². The van der Waals surface area contributed by atoms with Gasteiger partial charge in [0.15, 0.2) is 6.61 Å². The molecule has 2 N–H and O–H groups in total. The molecule has 0 amide bonds. The monoisotopic (exact) mass is 446 g/mol. The number of primary sulfonamides is 1. The van der Waals surface area contributed by atoms with Gasteiger partial charge in [0.2, 0.25) is 16.6 Å². The van der Waals surface area contributed by atoms with Crippen LogP contribution in [0.3, 0.4) is 0 Å². The van der Waals surface area contributed by atoms with Gasteiger partial charge in [-0.3, -0.25) is 4.79 Å². The number of rotatable bonds is 8. The number of carbonyl (C=O) groups is 2. The molecule has 0 aliphatic heterocycles. The number of hydrogen-bond donors (Lipinski definition) is 1. The van der Waals surface area contributed by atoms with Crippen molar-refractivity contribution in [3.63, 3.8) is 0 Å². The van der Waals surface area contributed by atoms with Crippen molar-refractivity contribution in [3.8, 4) is 11.4 Å². The standard InChI is InChI=1S/C21H22N2O7S/c1-4-28-16-7-5-15(6-8-16)23-13(2)11-17(14(23)3)18(24)12-29-21(25)19-9-10-20(30-19)31(22,26)27/h5-11H,4,12H2,1-3H3,(H2,22,26,27). The molecule has 1 aromatic carbocycles. The summed E-state index contributed by atoms with van der Waals surface area (Å²) in [6.45, 7) is 5.61. The van der Waals surface area contributed by atoms with Gasteiger partial charge in [0.05, 0.1) is 6.61 Å². The van der Waals surface area contributed by atoms with E-state index in [-0.39, 0.29) is 5.76 Å². The SMILES string of the molecule is CCOc1ccc(-n2c(C)cc(C(=O)COC(=O)c3ccc(S(N)(=O)=O)o3)c2C)cc1. The summed E-state index contributed by atoms with van der Waals surface area (Å²) in [6, 6.07) is 11.3. The van der Waals surface area contributed by atoms with E-state index in [2.05, 4.69) is 0 Å². The molecule has 31 heavy (non-hydrogen) atoms. The molecule has 9 nitrogen and oxygen atoms in total. The second-order valence-electron chi connectivity index (χ2n) is 6.71. The number of esters is 1. The molecule has 2 aromatic heterocycles. The number of nitrogens with zero attached hydrogens (tertiary/aromatic N) is 1. The zero-order valence-corrected chi connectivity index (χ0v) is 18.1. The summed E-state index contributed by atoms with van der Waals surface area (Å²) in [5.41, 5.74) is 2.79. The molecule has 0 saturated heterocycles. The van der Waals surface area contributed by atoms with E-state index in [9.17, 15) is 18.0 Å². The van der Waals surface area contributed by atoms with Gasteiger partial charge in [0.25, 0.3) is 10.0 Å². The maximum absolute atomic E-state index is 12.6. The number of sulfonamides is 1. The third kappa shape index (κ3) is 4.86. The van der Waals surface area contributed by atoms with Gasteiger partial charge < -0.3 is 18.5 Å². The number of aromatic nitrogens is 1. The van der Waals surface area contributed by atoms with Crippen molar-refractivity contribution < 1.29 is 31.9 Å². The number of Topliss-reactive ketones (excluding diaryl/α,β-unsaturated/α-hetero) is 1. The van der Waals surface area contributed by atoms with Crippen LogP contribution in [-0.2, 0) is 14.8 Å². The Morgan fingerprint density at radius 1 is 1.10 bits per heavy atom. The Kier molecular flexibility index (Phi) is 6.32. The van der Waals surface area contributed by atoms with Gasteiger partial charge in [0.1, 0.15) is 5.75 Å². The number of furan rings is 1. The smallest absolute Gasteiger partial charge is 0.374 e. The first-order valence-electron chi connectivity index (χ1n) is 9.37. The molecule has 3 aromatic rings. The maximum Gasteiger partial charge on any atom is 0.374 e. The Labute approximate surface area is 179 Å². The molecular formula is C21H22N2O7S. The number of benzene rings is 1. The molecule has 0 atom stereocenters. The van der Waals surface area contributed by atoms with E-state index in [1.165, 1.54) is 0 Å². The van der Waals surface area contributed by atoms with Gasteiger partial charge in [-0.1, -0.05) is 0 Å². The zero-order valence-electron chi connectivity index (χ0n) is 17.2. The summed E-state index contributed by atoms with van der Waals surface area (Å²) >= 11 is 0. The first-order chi connectivity index (χ1) is 14.6. The van der Waals surface area contributed by atoms with Crippen molar-refractivity contribution in [2.45, 2.75) is 25.9 Å². The van der Waals surface area contributed by atoms with Gasteiger partial charge in [-0.05, 0) is 63.2 Å². The van der Waals surface area contributed by atoms with Crippen LogP contribution in [0.1, 0.15) is 39.2 Å². The first kappa shape index (κ1) is 22.3. The lowest BCUT2D eigenvalue weighted by molar-refractivity contribution is 0.0438. The molecule has 0 saturated carbocycles. The topological polar surface area (TPSA) is 131 Å². The fourth-order valence-corrected chi connectivity index (χ4v) is 3.63. The Hall–Kier alpha value is -3.37. The van der Waals surface area contributed by atoms with E-state index in [0.29, 0.717) is 17.9 Å². The lowest BCUT2D eigenvalue weighted by Crippen LogP contribution is -2.15. The highest BCUT2D eigenvalue weighted by Crippen LogP contribution is 2.23. The lowest BCUT2D eigenvalue weighted by atomic mass is 10.1. The number of aryl methyl sites for hydroxylation is 1. The number of ether oxygens (including phenoxy) is 2. The van der Waals surface area contributed by atoms with E-state index in [1.807, 2.05) is 42.7 Å². The molecule has 10 heteroatoms. The van der Waals surface area contributed by atoms with Crippen LogP contribution < -0.4 is 9.88 Å². The molecule has 0 radical (unpaired) electrons. The summed E-state index contributed by atoms with van der Waals surface area (Å²) in [5, 5.41) is 4.37. The largest absolute Gasteiger partial charge is 0.494 e. The van der Waals surface area contributed by atoms with Crippen molar-refractivity contribution in [1.29, 1.82) is 0 Å². The molecule has 0 fully saturated rings. The summed E-state index contributed by atoms with van der Waals surface area (Å²) in [7, 11) is -4.08. The third-order valence-corrected chi connectivity index (χ3v) is 5.32. The van der Waals surface area contributed by atoms with Crippen molar-refractivity contribution in [1.82, 2.24) is 4.57 Å². The predicted octanol–water partition coefficient (Wildman–Crippen LogP) is 2.77. The number of ketones is 1. The molecule has 2 heterocycles. The number of carbonyl (C=O) groups excluding carboxylic acids is 2. The van der Waals surface area contributed by atoms with Gasteiger partial charge in [-0.2, -0.15) is 0 Å². The fraction of sp³-hybridized carbons (Fsp3) is 0.238. The minimum Gasteiger partial charge on any atom is -0.494 e. The minimum absolute atomic E-state index is 0.364. The molecule has 164 valence electrons. The van der Waals surface area contributed by atoms with Crippen molar-refractivity contribution in [2.75, 3.05) is 13.2 Å². The normalized spacial score (nSPS) is 11.4. The van der Waals surface area contributed by atoms with Gasteiger partial charge in [-0.15, -0.1) is 0 Å². The van der Waals surface area contributed by atoms with Crippen molar-refractivity contribution >= 4 is 21.8 Å². The highest BCUT2D eigenvalue weighted by molar-refractivity contribution is 7.89. The molecular weight excluding hydrogens is 424 g/mol. The van der Waals surface area contributed by atoms with Gasteiger partial charge in [-0.25, -0.2) is 18.4 Å². The Balaban J connectivity index is 1.73. The Morgan fingerprint density at radius 3 is 2.35 bits per heavy atom. The second kappa shape index (κ2) is 8.78. The van der Waals surface area contributed by atoms with Crippen LogP contribution in [0.4, 0.5) is 0 Å². The van der Waals surface area contributed by atoms with Crippen LogP contribution in [0.15, 0.2) is 52.0 Å². The van der Waals surface area contributed by atoms with Crippen molar-refractivity contribution in [2.24, 2.45) is 5.14 Å². The molecule has 0 aliphatic rings. The average Bonchev–Trinajstić information content (AvgIpc) is 3.32. The second-order valence-corrected chi connectivity index (χ2v) is 8.20. The molecule has 0 bridgehead atoms. The van der Waals surface area contributed by atoms with Crippen LogP contribution in [0.2, 0.25) is 0 Å². The van der Waals surface area contributed by atoms with E-state index in [4.69, 9.17) is 19.0 Å². The van der Waals surface area contributed by atoms with Crippen molar-refractivity contribution in [3.05, 3.63) is 65.2 Å². The number of nitrogens with two attached hydrogens (primary N) is 1. The summed E-state index contributed by atoms with van der Waals surface area (Å²) < 4.78 is 39.7. The van der Waals surface area contributed by atoms with E-state index in [1.54, 1.807) is 13.0 Å². The molecule has 0 unspecified atom stereocenters. The highest BCUT2D eigenvalue weighted by atomic mass is 32.2. The van der Waals surface area contributed by atoms with Crippen LogP contribution >= 0.6 is 0 Å². The quantitative estimate of drug-likeness (QED) is 0.416. The zero-order chi connectivity index (χ0) is 22.8. The number of hydrogen-bond acceptors (Lipinski definition) is 7. The average molecular weight is 446 g/mol. The van der Waals surface area contributed by atoms with Crippen LogP contribution in [0, 0.1) is 13.8 Å². The highest BCUT2D eigenvalue weighted by Gasteiger charge is 2.21. The molecule has 3 rings (SSSR count). The summed E-state index contributed by atoms with van der Waals surface area (Å²) in [4.78, 5) is 24.7. The lowest BCUT2D eigenvalue weighted by Gasteiger charge is -2.11. The summed E-state index contributed by atoms with van der Waals surface area (Å²) in [5.74, 6) is -0.988. The Morgan fingerprint density at radius 2 is 1.77 bits per heavy atom. The predicted molar refractivity (Wildman–Crippen MR) is 111 cm³/mol. The Bertz CT molecular complexity index is 1220. The van der Waals surface area contributed by atoms with Crippen LogP contribution in [-0.4, -0.2) is 38.0 Å². The first-order valence-corrected chi connectivity index (χ1v) is 10.9. The molecule has 0 aliphatic carbocycles. The van der Waals surface area contributed by atoms with E-state index < -0.39 is 33.5 Å². The molecule has 0 spiro atoms.